The molecule has 1 fully saturated rings. The fourth-order valence-corrected chi connectivity index (χ4v) is 3.95. The second-order valence-corrected chi connectivity index (χ2v) is 6.77. The molecule has 0 bridgehead atoms. The van der Waals surface area contributed by atoms with Gasteiger partial charge in [0.05, 0.1) is 13.3 Å². The van der Waals surface area contributed by atoms with Crippen molar-refractivity contribution < 1.29 is 17.9 Å². The third-order valence-corrected chi connectivity index (χ3v) is 5.10. The van der Waals surface area contributed by atoms with E-state index in [2.05, 4.69) is 9.82 Å². The number of methoxy groups -OCH3 is 1. The molecular formula is C12H19N3O4S. The van der Waals surface area contributed by atoms with E-state index in [1.165, 1.54) is 24.2 Å². The molecule has 1 aliphatic rings. The number of hydrogen-bond donors (Lipinski definition) is 1. The molecule has 8 heteroatoms. The molecule has 1 aromatic rings. The monoisotopic (exact) mass is 301 g/mol. The molecule has 0 spiro atoms. The van der Waals surface area contributed by atoms with Gasteiger partial charge < -0.3 is 4.74 Å². The van der Waals surface area contributed by atoms with Crippen molar-refractivity contribution in [2.24, 2.45) is 7.05 Å². The van der Waals surface area contributed by atoms with Gasteiger partial charge in [0.1, 0.15) is 10.4 Å². The van der Waals surface area contributed by atoms with Gasteiger partial charge in [-0.05, 0) is 12.8 Å². The van der Waals surface area contributed by atoms with Crippen molar-refractivity contribution in [3.8, 4) is 0 Å². The summed E-state index contributed by atoms with van der Waals surface area (Å²) in [7, 11) is -0.877. The number of ether oxygens (including phenoxy) is 1. The van der Waals surface area contributed by atoms with E-state index in [9.17, 15) is 13.2 Å². The zero-order valence-electron chi connectivity index (χ0n) is 11.6. The fraction of sp³-hybridized carbons (Fsp3) is 0.667. The summed E-state index contributed by atoms with van der Waals surface area (Å²) in [6.07, 6.45) is 6.16. The summed E-state index contributed by atoms with van der Waals surface area (Å²) in [5.41, 5.74) is -1.15. The first-order valence-corrected chi connectivity index (χ1v) is 7.99. The van der Waals surface area contributed by atoms with E-state index in [-0.39, 0.29) is 4.90 Å². The molecule has 0 saturated heterocycles. The van der Waals surface area contributed by atoms with E-state index in [0.29, 0.717) is 12.8 Å². The maximum atomic E-state index is 12.4. The molecule has 0 aliphatic heterocycles. The van der Waals surface area contributed by atoms with Crippen molar-refractivity contribution >= 4 is 16.0 Å². The molecule has 0 amide bonds. The molecule has 0 atom stereocenters. The summed E-state index contributed by atoms with van der Waals surface area (Å²) >= 11 is 0. The van der Waals surface area contributed by atoms with Crippen LogP contribution in [0.15, 0.2) is 17.3 Å². The highest BCUT2D eigenvalue weighted by Gasteiger charge is 2.44. The molecule has 1 aromatic heterocycles. The van der Waals surface area contributed by atoms with Crippen LogP contribution in [0, 0.1) is 0 Å². The van der Waals surface area contributed by atoms with Crippen LogP contribution in [0.25, 0.3) is 0 Å². The van der Waals surface area contributed by atoms with Crippen molar-refractivity contribution in [1.82, 2.24) is 14.5 Å². The first kappa shape index (κ1) is 15.0. The molecule has 7 nitrogen and oxygen atoms in total. The van der Waals surface area contributed by atoms with Crippen molar-refractivity contribution in [3.05, 3.63) is 12.4 Å². The van der Waals surface area contributed by atoms with Crippen LogP contribution < -0.4 is 4.72 Å². The number of nitrogens with one attached hydrogen (secondary N) is 1. The minimum Gasteiger partial charge on any atom is -0.468 e. The maximum Gasteiger partial charge on any atom is 0.327 e. The molecule has 1 heterocycles. The number of rotatable bonds is 4. The Kier molecular flexibility index (Phi) is 4.14. The molecule has 1 N–H and O–H groups in total. The van der Waals surface area contributed by atoms with Crippen LogP contribution in [-0.4, -0.2) is 36.8 Å². The zero-order valence-corrected chi connectivity index (χ0v) is 12.4. The van der Waals surface area contributed by atoms with Gasteiger partial charge in [0.2, 0.25) is 10.0 Å². The van der Waals surface area contributed by atoms with Gasteiger partial charge in [0.15, 0.2) is 0 Å². The zero-order chi connectivity index (χ0) is 14.8. The Balaban J connectivity index is 2.30. The van der Waals surface area contributed by atoms with Gasteiger partial charge in [-0.1, -0.05) is 19.3 Å². The second-order valence-electron chi connectivity index (χ2n) is 5.09. The first-order chi connectivity index (χ1) is 9.39. The summed E-state index contributed by atoms with van der Waals surface area (Å²) in [6, 6.07) is 0. The average molecular weight is 301 g/mol. The van der Waals surface area contributed by atoms with Gasteiger partial charge in [-0.15, -0.1) is 0 Å². The lowest BCUT2D eigenvalue weighted by atomic mass is 9.83. The summed E-state index contributed by atoms with van der Waals surface area (Å²) < 4.78 is 33.5. The van der Waals surface area contributed by atoms with E-state index >= 15 is 0 Å². The van der Waals surface area contributed by atoms with Crippen LogP contribution in [0.5, 0.6) is 0 Å². The lowest BCUT2D eigenvalue weighted by molar-refractivity contribution is -0.149. The number of aromatic nitrogens is 2. The van der Waals surface area contributed by atoms with Crippen molar-refractivity contribution in [2.45, 2.75) is 42.5 Å². The predicted molar refractivity (Wildman–Crippen MR) is 71.4 cm³/mol. The molecule has 112 valence electrons. The number of sulfonamides is 1. The summed E-state index contributed by atoms with van der Waals surface area (Å²) in [5.74, 6) is -0.523. The lowest BCUT2D eigenvalue weighted by Gasteiger charge is -2.34. The van der Waals surface area contributed by atoms with Gasteiger partial charge in [-0.2, -0.15) is 9.82 Å². The molecule has 20 heavy (non-hydrogen) atoms. The summed E-state index contributed by atoms with van der Waals surface area (Å²) in [5, 5.41) is 3.85. The number of nitrogens with zero attached hydrogens (tertiary/aromatic N) is 2. The molecule has 2 rings (SSSR count). The molecule has 1 saturated carbocycles. The van der Waals surface area contributed by atoms with Gasteiger partial charge in [-0.3, -0.25) is 9.48 Å². The molecular weight excluding hydrogens is 282 g/mol. The Morgan fingerprint density at radius 3 is 2.55 bits per heavy atom. The van der Waals surface area contributed by atoms with E-state index in [0.717, 1.165) is 19.3 Å². The fourth-order valence-electron chi connectivity index (χ4n) is 2.55. The quantitative estimate of drug-likeness (QED) is 0.821. The molecule has 0 unspecified atom stereocenters. The minimum absolute atomic E-state index is 0.0499. The van der Waals surface area contributed by atoms with Crippen molar-refractivity contribution in [1.29, 1.82) is 0 Å². The normalized spacial score (nSPS) is 18.7. The number of carbonyl (C=O) groups excluding carboxylic acids is 1. The number of aryl methyl sites for hydroxylation is 1. The van der Waals surface area contributed by atoms with Crippen LogP contribution in [-0.2, 0) is 26.6 Å². The van der Waals surface area contributed by atoms with Crippen LogP contribution in [0.2, 0.25) is 0 Å². The number of esters is 1. The second kappa shape index (κ2) is 5.53. The van der Waals surface area contributed by atoms with Crippen LogP contribution in [0.1, 0.15) is 32.1 Å². The van der Waals surface area contributed by atoms with E-state index in [4.69, 9.17) is 4.74 Å². The van der Waals surface area contributed by atoms with Crippen LogP contribution in [0.4, 0.5) is 0 Å². The molecule has 0 radical (unpaired) electrons. The highest BCUT2D eigenvalue weighted by atomic mass is 32.2. The Labute approximate surface area is 118 Å². The Morgan fingerprint density at radius 2 is 2.05 bits per heavy atom. The first-order valence-electron chi connectivity index (χ1n) is 6.51. The lowest BCUT2D eigenvalue weighted by Crippen LogP contribution is -2.55. The third-order valence-electron chi connectivity index (χ3n) is 3.60. The summed E-state index contributed by atoms with van der Waals surface area (Å²) in [6.45, 7) is 0. The molecule has 0 aromatic carbocycles. The van der Waals surface area contributed by atoms with Crippen LogP contribution in [0.3, 0.4) is 0 Å². The smallest absolute Gasteiger partial charge is 0.327 e. The molecule has 1 aliphatic carbocycles. The highest BCUT2D eigenvalue weighted by Crippen LogP contribution is 2.31. The van der Waals surface area contributed by atoms with Crippen LogP contribution >= 0.6 is 0 Å². The van der Waals surface area contributed by atoms with Gasteiger partial charge >= 0.3 is 5.97 Å². The van der Waals surface area contributed by atoms with E-state index in [1.54, 1.807) is 7.05 Å². The predicted octanol–water partition coefficient (Wildman–Crippen LogP) is 0.574. The Bertz CT molecular complexity index is 588. The highest BCUT2D eigenvalue weighted by molar-refractivity contribution is 7.89. The topological polar surface area (TPSA) is 90.3 Å². The number of hydrogen-bond acceptors (Lipinski definition) is 5. The van der Waals surface area contributed by atoms with Crippen molar-refractivity contribution in [2.75, 3.05) is 7.11 Å². The average Bonchev–Trinajstić information content (AvgIpc) is 2.86. The maximum absolute atomic E-state index is 12.4. The Morgan fingerprint density at radius 1 is 1.40 bits per heavy atom. The Hall–Kier alpha value is -1.41. The van der Waals surface area contributed by atoms with E-state index in [1.807, 2.05) is 0 Å². The van der Waals surface area contributed by atoms with Crippen molar-refractivity contribution in [3.63, 3.8) is 0 Å². The van der Waals surface area contributed by atoms with Gasteiger partial charge in [-0.25, -0.2) is 8.42 Å². The minimum atomic E-state index is -3.79. The van der Waals surface area contributed by atoms with Gasteiger partial charge in [0, 0.05) is 13.2 Å². The summed E-state index contributed by atoms with van der Waals surface area (Å²) in [4.78, 5) is 12.1. The largest absolute Gasteiger partial charge is 0.468 e. The standard InChI is InChI=1S/C12H19N3O4S/c1-15-9-10(8-13-15)20(17,18)14-12(11(16)19-2)6-4-3-5-7-12/h8-9,14H,3-7H2,1-2H3. The number of carbonyl (C=O) groups is 1. The third kappa shape index (κ3) is 2.85. The SMILES string of the molecule is COC(=O)C1(NS(=O)(=O)c2cnn(C)c2)CCCCC1. The van der Waals surface area contributed by atoms with E-state index < -0.39 is 21.5 Å². The van der Waals surface area contributed by atoms with Gasteiger partial charge in [0.25, 0.3) is 0 Å².